The van der Waals surface area contributed by atoms with Crippen molar-refractivity contribution < 1.29 is 27.9 Å². The number of rotatable bonds is 4. The molecule has 2 atom stereocenters. The van der Waals surface area contributed by atoms with Crippen LogP contribution in [0.4, 0.5) is 18.9 Å². The standard InChI is InChI=1S/C22H17F3N4O3/c1-11-16(21(31)32)17(13-7-5-12(10-26)6-8-13)18(20(28)30)19(27)29(11)15-4-2-3-14(9-15)22(23,24)25/h2-9,17-18,27H,1H3,(H2,28,30)(H,31,32). The zero-order chi connectivity index (χ0) is 23.8. The van der Waals surface area contributed by atoms with Crippen molar-refractivity contribution in [2.24, 2.45) is 11.7 Å². The Morgan fingerprint density at radius 1 is 1.19 bits per heavy atom. The molecule has 0 radical (unpaired) electrons. The molecule has 1 aliphatic heterocycles. The van der Waals surface area contributed by atoms with Crippen molar-refractivity contribution in [1.29, 1.82) is 10.7 Å². The number of hydrogen-bond acceptors (Lipinski definition) is 4. The first-order valence-corrected chi connectivity index (χ1v) is 9.26. The number of carboxylic acid groups (broad SMARTS) is 1. The first-order chi connectivity index (χ1) is 15.0. The molecule has 1 aliphatic rings. The van der Waals surface area contributed by atoms with Gasteiger partial charge in [-0.3, -0.25) is 10.2 Å². The van der Waals surface area contributed by atoms with Crippen LogP contribution in [0.2, 0.25) is 0 Å². The summed E-state index contributed by atoms with van der Waals surface area (Å²) in [6.07, 6.45) is -4.66. The van der Waals surface area contributed by atoms with E-state index in [0.717, 1.165) is 23.1 Å². The molecule has 2 aromatic rings. The number of carbonyl (C=O) groups excluding carboxylic acids is 1. The van der Waals surface area contributed by atoms with E-state index in [1.165, 1.54) is 37.3 Å². The predicted octanol–water partition coefficient (Wildman–Crippen LogP) is 3.62. The number of benzene rings is 2. The lowest BCUT2D eigenvalue weighted by Crippen LogP contribution is -2.49. The summed E-state index contributed by atoms with van der Waals surface area (Å²) in [7, 11) is 0. The minimum Gasteiger partial charge on any atom is -0.478 e. The Balaban J connectivity index is 2.26. The van der Waals surface area contributed by atoms with E-state index in [9.17, 15) is 27.9 Å². The Morgan fingerprint density at radius 3 is 2.31 bits per heavy atom. The average Bonchev–Trinajstić information content (AvgIpc) is 2.72. The number of nitrogens with zero attached hydrogens (tertiary/aromatic N) is 2. The number of amides is 1. The SMILES string of the molecule is CC1=C(C(=O)O)C(c2ccc(C#N)cc2)C(C(N)=O)C(=N)N1c1cccc(C(F)(F)F)c1. The van der Waals surface area contributed by atoms with Crippen LogP contribution in [-0.4, -0.2) is 22.8 Å². The number of primary amides is 1. The normalized spacial score (nSPS) is 19.0. The molecule has 0 aromatic heterocycles. The molecule has 0 saturated carbocycles. The highest BCUT2D eigenvalue weighted by molar-refractivity contribution is 6.15. The van der Waals surface area contributed by atoms with Crippen molar-refractivity contribution in [1.82, 2.24) is 0 Å². The fraction of sp³-hybridized carbons (Fsp3) is 0.182. The molecular weight excluding hydrogens is 425 g/mol. The molecule has 7 nitrogen and oxygen atoms in total. The number of aliphatic carboxylic acids is 1. The molecule has 2 aromatic carbocycles. The van der Waals surface area contributed by atoms with E-state index in [1.807, 2.05) is 6.07 Å². The van der Waals surface area contributed by atoms with E-state index < -0.39 is 41.3 Å². The number of halogens is 3. The number of carbonyl (C=O) groups is 2. The van der Waals surface area contributed by atoms with Gasteiger partial charge in [-0.05, 0) is 42.8 Å². The van der Waals surface area contributed by atoms with E-state index in [1.54, 1.807) is 0 Å². The van der Waals surface area contributed by atoms with Gasteiger partial charge in [0, 0.05) is 17.3 Å². The van der Waals surface area contributed by atoms with Crippen LogP contribution in [0.5, 0.6) is 0 Å². The predicted molar refractivity (Wildman–Crippen MR) is 109 cm³/mol. The van der Waals surface area contributed by atoms with Gasteiger partial charge in [0.1, 0.15) is 11.8 Å². The van der Waals surface area contributed by atoms with Gasteiger partial charge in [0.25, 0.3) is 0 Å². The second kappa shape index (κ2) is 8.19. The van der Waals surface area contributed by atoms with E-state index in [2.05, 4.69) is 0 Å². The van der Waals surface area contributed by atoms with Gasteiger partial charge in [0.15, 0.2) is 0 Å². The minimum absolute atomic E-state index is 0.0197. The molecule has 4 N–H and O–H groups in total. The van der Waals surface area contributed by atoms with Crippen LogP contribution >= 0.6 is 0 Å². The zero-order valence-electron chi connectivity index (χ0n) is 16.6. The van der Waals surface area contributed by atoms with Crippen molar-refractivity contribution in [3.8, 4) is 6.07 Å². The maximum absolute atomic E-state index is 13.2. The van der Waals surface area contributed by atoms with Gasteiger partial charge in [-0.25, -0.2) is 4.79 Å². The molecule has 0 saturated heterocycles. The number of carboxylic acids is 1. The lowest BCUT2D eigenvalue weighted by Gasteiger charge is -2.40. The van der Waals surface area contributed by atoms with Crippen LogP contribution in [0, 0.1) is 22.7 Å². The number of nitrogens with two attached hydrogens (primary N) is 1. The van der Waals surface area contributed by atoms with Crippen LogP contribution in [0.15, 0.2) is 59.8 Å². The summed E-state index contributed by atoms with van der Waals surface area (Å²) >= 11 is 0. The number of anilines is 1. The summed E-state index contributed by atoms with van der Waals surface area (Å²) < 4.78 is 39.6. The number of amidine groups is 1. The lowest BCUT2D eigenvalue weighted by atomic mass is 9.75. The summed E-state index contributed by atoms with van der Waals surface area (Å²) in [6.45, 7) is 1.35. The number of nitrogens with one attached hydrogen (secondary N) is 1. The maximum atomic E-state index is 13.2. The van der Waals surface area contributed by atoms with Gasteiger partial charge in [-0.2, -0.15) is 18.4 Å². The number of alkyl halides is 3. The summed E-state index contributed by atoms with van der Waals surface area (Å²) in [4.78, 5) is 25.6. The second-order valence-corrected chi connectivity index (χ2v) is 7.16. The topological polar surface area (TPSA) is 131 Å². The highest BCUT2D eigenvalue weighted by Crippen LogP contribution is 2.43. The molecule has 10 heteroatoms. The Bertz CT molecular complexity index is 1180. The fourth-order valence-electron chi connectivity index (χ4n) is 3.85. The fourth-order valence-corrected chi connectivity index (χ4v) is 3.85. The van der Waals surface area contributed by atoms with Gasteiger partial charge < -0.3 is 15.7 Å². The summed E-state index contributed by atoms with van der Waals surface area (Å²) in [6, 6.07) is 11.8. The molecule has 0 fully saturated rings. The van der Waals surface area contributed by atoms with Crippen molar-refractivity contribution in [3.63, 3.8) is 0 Å². The number of allylic oxidation sites excluding steroid dienone is 1. The number of nitriles is 1. The summed E-state index contributed by atoms with van der Waals surface area (Å²) in [5.74, 6) is -5.49. The molecular formula is C22H17F3N4O3. The third-order valence-electron chi connectivity index (χ3n) is 5.27. The molecule has 0 bridgehead atoms. The largest absolute Gasteiger partial charge is 0.478 e. The minimum atomic E-state index is -4.66. The number of hydrogen-bond donors (Lipinski definition) is 3. The van der Waals surface area contributed by atoms with Crippen LogP contribution in [0.3, 0.4) is 0 Å². The Hall–Kier alpha value is -4.13. The highest BCUT2D eigenvalue weighted by atomic mass is 19.4. The van der Waals surface area contributed by atoms with Gasteiger partial charge >= 0.3 is 12.1 Å². The highest BCUT2D eigenvalue weighted by Gasteiger charge is 2.45. The van der Waals surface area contributed by atoms with E-state index in [-0.39, 0.29) is 17.0 Å². The van der Waals surface area contributed by atoms with Crippen LogP contribution in [-0.2, 0) is 15.8 Å². The lowest BCUT2D eigenvalue weighted by molar-refractivity contribution is -0.137. The van der Waals surface area contributed by atoms with Gasteiger partial charge in [0.05, 0.1) is 22.8 Å². The molecule has 0 aliphatic carbocycles. The van der Waals surface area contributed by atoms with Crippen LogP contribution < -0.4 is 10.6 Å². The third-order valence-corrected chi connectivity index (χ3v) is 5.27. The molecule has 1 amide bonds. The smallest absolute Gasteiger partial charge is 0.416 e. The molecule has 3 rings (SSSR count). The van der Waals surface area contributed by atoms with Crippen LogP contribution in [0.1, 0.15) is 29.5 Å². The Labute approximate surface area is 180 Å². The molecule has 0 spiro atoms. The summed E-state index contributed by atoms with van der Waals surface area (Å²) in [5.41, 5.74) is 4.76. The molecule has 32 heavy (non-hydrogen) atoms. The zero-order valence-corrected chi connectivity index (χ0v) is 16.6. The van der Waals surface area contributed by atoms with Crippen molar-refractivity contribution in [3.05, 3.63) is 76.5 Å². The Morgan fingerprint density at radius 2 is 1.81 bits per heavy atom. The maximum Gasteiger partial charge on any atom is 0.416 e. The second-order valence-electron chi connectivity index (χ2n) is 7.16. The van der Waals surface area contributed by atoms with Crippen molar-refractivity contribution >= 4 is 23.4 Å². The Kier molecular flexibility index (Phi) is 5.77. The first-order valence-electron chi connectivity index (χ1n) is 9.26. The first kappa shape index (κ1) is 22.6. The summed E-state index contributed by atoms with van der Waals surface area (Å²) in [5, 5.41) is 27.5. The van der Waals surface area contributed by atoms with E-state index in [4.69, 9.17) is 16.4 Å². The molecule has 164 valence electrons. The van der Waals surface area contributed by atoms with E-state index >= 15 is 0 Å². The van der Waals surface area contributed by atoms with Gasteiger partial charge in [-0.1, -0.05) is 18.2 Å². The van der Waals surface area contributed by atoms with Gasteiger partial charge in [-0.15, -0.1) is 0 Å². The molecule has 1 heterocycles. The van der Waals surface area contributed by atoms with Crippen molar-refractivity contribution in [2.45, 2.75) is 19.0 Å². The van der Waals surface area contributed by atoms with Gasteiger partial charge in [0.2, 0.25) is 5.91 Å². The quantitative estimate of drug-likeness (QED) is 0.666. The monoisotopic (exact) mass is 442 g/mol. The van der Waals surface area contributed by atoms with E-state index in [0.29, 0.717) is 11.1 Å². The average molecular weight is 442 g/mol. The van der Waals surface area contributed by atoms with Crippen LogP contribution in [0.25, 0.3) is 0 Å². The van der Waals surface area contributed by atoms with Crippen molar-refractivity contribution in [2.75, 3.05) is 4.90 Å². The molecule has 2 unspecified atom stereocenters. The third kappa shape index (κ3) is 3.92.